The van der Waals surface area contributed by atoms with Crippen LogP contribution in [-0.2, 0) is 4.79 Å². The Kier molecular flexibility index (Phi) is 4.20. The minimum atomic E-state index is -0.301. The molecule has 0 spiro atoms. The number of likely N-dealkylation sites (tertiary alicyclic amines) is 1. The zero-order valence-electron chi connectivity index (χ0n) is 11.6. The molecular weight excluding hydrogens is 287 g/mol. The van der Waals surface area contributed by atoms with Gasteiger partial charge in [-0.25, -0.2) is 4.39 Å². The number of nitrogens with zero attached hydrogens (tertiary/aromatic N) is 1. The van der Waals surface area contributed by atoms with Crippen molar-refractivity contribution in [2.75, 3.05) is 18.4 Å². The number of hydrogen-bond donors (Lipinski definition) is 1. The van der Waals surface area contributed by atoms with Crippen LogP contribution in [0.3, 0.4) is 0 Å². The summed E-state index contributed by atoms with van der Waals surface area (Å²) >= 11 is 1.69. The molecule has 0 saturated carbocycles. The molecule has 1 aromatic heterocycles. The predicted molar refractivity (Wildman–Crippen MR) is 82.9 cm³/mol. The predicted octanol–water partition coefficient (Wildman–Crippen LogP) is 3.66. The van der Waals surface area contributed by atoms with Crippen LogP contribution in [-0.4, -0.2) is 23.9 Å². The van der Waals surface area contributed by atoms with E-state index in [2.05, 4.69) is 11.4 Å². The number of carbonyl (C=O) groups is 1. The van der Waals surface area contributed by atoms with Gasteiger partial charge < -0.3 is 10.2 Å². The fourth-order valence-corrected chi connectivity index (χ4v) is 3.59. The Morgan fingerprint density at radius 1 is 1.38 bits per heavy atom. The van der Waals surface area contributed by atoms with Gasteiger partial charge in [-0.2, -0.15) is 0 Å². The zero-order valence-corrected chi connectivity index (χ0v) is 12.4. The summed E-state index contributed by atoms with van der Waals surface area (Å²) < 4.78 is 13.1. The third-order valence-corrected chi connectivity index (χ3v) is 4.69. The molecule has 0 radical (unpaired) electrons. The molecule has 5 heteroatoms. The molecule has 1 aliphatic rings. The quantitative estimate of drug-likeness (QED) is 0.935. The summed E-state index contributed by atoms with van der Waals surface area (Å²) in [6.07, 6.45) is 2.06. The maximum absolute atomic E-state index is 13.1. The summed E-state index contributed by atoms with van der Waals surface area (Å²) in [6.45, 7) is 0.998. The Morgan fingerprint density at radius 2 is 2.29 bits per heavy atom. The highest BCUT2D eigenvalue weighted by Crippen LogP contribution is 2.34. The molecule has 3 nitrogen and oxygen atoms in total. The molecule has 2 heterocycles. The van der Waals surface area contributed by atoms with Crippen LogP contribution in [0.15, 0.2) is 41.8 Å². The molecule has 0 bridgehead atoms. The highest BCUT2D eigenvalue weighted by Gasteiger charge is 2.30. The number of benzene rings is 1. The highest BCUT2D eigenvalue weighted by atomic mass is 32.1. The van der Waals surface area contributed by atoms with Gasteiger partial charge in [0.05, 0.1) is 12.6 Å². The van der Waals surface area contributed by atoms with Crippen molar-refractivity contribution in [2.45, 2.75) is 18.9 Å². The minimum absolute atomic E-state index is 0.0650. The maximum Gasteiger partial charge on any atom is 0.242 e. The van der Waals surface area contributed by atoms with Crippen molar-refractivity contribution < 1.29 is 9.18 Å². The first-order chi connectivity index (χ1) is 10.2. The van der Waals surface area contributed by atoms with Crippen LogP contribution < -0.4 is 5.32 Å². The summed E-state index contributed by atoms with van der Waals surface area (Å²) in [5.41, 5.74) is 0.634. The Hall–Kier alpha value is -1.88. The molecule has 2 aromatic rings. The van der Waals surface area contributed by atoms with E-state index in [1.165, 1.54) is 17.0 Å². The molecule has 1 amide bonds. The van der Waals surface area contributed by atoms with Crippen LogP contribution in [0.1, 0.15) is 23.8 Å². The summed E-state index contributed by atoms with van der Waals surface area (Å²) in [5.74, 6) is -0.236. The SMILES string of the molecule is O=C(CNc1cccc(F)c1)N1CCCC1c1cccs1. The largest absolute Gasteiger partial charge is 0.376 e. The Bertz CT molecular complexity index is 614. The lowest BCUT2D eigenvalue weighted by atomic mass is 10.2. The van der Waals surface area contributed by atoms with Crippen LogP contribution in [0.4, 0.5) is 10.1 Å². The molecule has 1 fully saturated rings. The van der Waals surface area contributed by atoms with Crippen molar-refractivity contribution in [3.63, 3.8) is 0 Å². The molecular formula is C16H17FN2OS. The summed E-state index contributed by atoms with van der Waals surface area (Å²) in [6, 6.07) is 10.5. The van der Waals surface area contributed by atoms with E-state index in [0.717, 1.165) is 19.4 Å². The van der Waals surface area contributed by atoms with Crippen LogP contribution in [0, 0.1) is 5.82 Å². The molecule has 0 aliphatic carbocycles. The number of anilines is 1. The van der Waals surface area contributed by atoms with E-state index >= 15 is 0 Å². The van der Waals surface area contributed by atoms with Gasteiger partial charge in [0, 0.05) is 17.1 Å². The normalized spacial score (nSPS) is 18.0. The Balaban J connectivity index is 1.62. The lowest BCUT2D eigenvalue weighted by Crippen LogP contribution is -2.34. The molecule has 110 valence electrons. The first-order valence-corrected chi connectivity index (χ1v) is 7.94. The van der Waals surface area contributed by atoms with Gasteiger partial charge in [-0.05, 0) is 42.5 Å². The second-order valence-corrected chi connectivity index (χ2v) is 6.10. The monoisotopic (exact) mass is 304 g/mol. The average molecular weight is 304 g/mol. The summed E-state index contributed by atoms with van der Waals surface area (Å²) in [4.78, 5) is 15.6. The molecule has 21 heavy (non-hydrogen) atoms. The van der Waals surface area contributed by atoms with E-state index < -0.39 is 0 Å². The van der Waals surface area contributed by atoms with Gasteiger partial charge in [0.2, 0.25) is 5.91 Å². The summed E-state index contributed by atoms with van der Waals surface area (Å²) in [7, 11) is 0. The van der Waals surface area contributed by atoms with Gasteiger partial charge >= 0.3 is 0 Å². The van der Waals surface area contributed by atoms with Crippen LogP contribution >= 0.6 is 11.3 Å². The number of carbonyl (C=O) groups excluding carboxylic acids is 1. The molecule has 1 atom stereocenters. The van der Waals surface area contributed by atoms with Gasteiger partial charge in [0.1, 0.15) is 5.82 Å². The van der Waals surface area contributed by atoms with Crippen LogP contribution in [0.2, 0.25) is 0 Å². The number of amides is 1. The fourth-order valence-electron chi connectivity index (χ4n) is 2.72. The first kappa shape index (κ1) is 14.1. The molecule has 1 aliphatic heterocycles. The van der Waals surface area contributed by atoms with Gasteiger partial charge in [-0.15, -0.1) is 11.3 Å². The molecule has 1 saturated heterocycles. The third kappa shape index (κ3) is 3.24. The maximum atomic E-state index is 13.1. The van der Waals surface area contributed by atoms with Gasteiger partial charge in [0.15, 0.2) is 0 Å². The van der Waals surface area contributed by atoms with Crippen molar-refractivity contribution in [3.8, 4) is 0 Å². The van der Waals surface area contributed by atoms with Crippen molar-refractivity contribution in [1.82, 2.24) is 4.90 Å². The topological polar surface area (TPSA) is 32.3 Å². The summed E-state index contributed by atoms with van der Waals surface area (Å²) in [5, 5.41) is 5.04. The highest BCUT2D eigenvalue weighted by molar-refractivity contribution is 7.10. The second kappa shape index (κ2) is 6.26. The first-order valence-electron chi connectivity index (χ1n) is 7.06. The van der Waals surface area contributed by atoms with Crippen molar-refractivity contribution in [1.29, 1.82) is 0 Å². The second-order valence-electron chi connectivity index (χ2n) is 5.12. The van der Waals surface area contributed by atoms with Crippen molar-refractivity contribution in [2.24, 2.45) is 0 Å². The van der Waals surface area contributed by atoms with E-state index in [9.17, 15) is 9.18 Å². The van der Waals surface area contributed by atoms with Crippen molar-refractivity contribution >= 4 is 22.9 Å². The Labute approximate surface area is 127 Å². The van der Waals surface area contributed by atoms with E-state index in [0.29, 0.717) is 5.69 Å². The third-order valence-electron chi connectivity index (χ3n) is 3.71. The molecule has 1 N–H and O–H groups in total. The number of thiophene rings is 1. The van der Waals surface area contributed by atoms with Gasteiger partial charge in [-0.3, -0.25) is 4.79 Å². The van der Waals surface area contributed by atoms with Crippen molar-refractivity contribution in [3.05, 3.63) is 52.5 Å². The molecule has 3 rings (SSSR count). The standard InChI is InChI=1S/C16H17FN2OS/c17-12-4-1-5-13(10-12)18-11-16(20)19-8-2-6-14(19)15-7-3-9-21-15/h1,3-5,7,9-10,14,18H,2,6,8,11H2. The van der Waals surface area contributed by atoms with Crippen LogP contribution in [0.5, 0.6) is 0 Å². The number of rotatable bonds is 4. The molecule has 1 aromatic carbocycles. The smallest absolute Gasteiger partial charge is 0.242 e. The lowest BCUT2D eigenvalue weighted by Gasteiger charge is -2.24. The molecule has 1 unspecified atom stereocenters. The van der Waals surface area contributed by atoms with E-state index in [4.69, 9.17) is 0 Å². The van der Waals surface area contributed by atoms with E-state index in [1.807, 2.05) is 16.3 Å². The lowest BCUT2D eigenvalue weighted by molar-refractivity contribution is -0.130. The minimum Gasteiger partial charge on any atom is -0.376 e. The number of nitrogens with one attached hydrogen (secondary N) is 1. The number of hydrogen-bond acceptors (Lipinski definition) is 3. The zero-order chi connectivity index (χ0) is 14.7. The van der Waals surface area contributed by atoms with E-state index in [-0.39, 0.29) is 24.3 Å². The average Bonchev–Trinajstić information content (AvgIpc) is 3.14. The van der Waals surface area contributed by atoms with E-state index in [1.54, 1.807) is 23.5 Å². The Morgan fingerprint density at radius 3 is 3.05 bits per heavy atom. The van der Waals surface area contributed by atoms with Gasteiger partial charge in [0.25, 0.3) is 0 Å². The number of halogens is 1. The fraction of sp³-hybridized carbons (Fsp3) is 0.312. The van der Waals surface area contributed by atoms with Crippen LogP contribution in [0.25, 0.3) is 0 Å². The van der Waals surface area contributed by atoms with Gasteiger partial charge in [-0.1, -0.05) is 12.1 Å².